The quantitative estimate of drug-likeness (QED) is 0.165. The molecular weight excluding hydrogens is 342 g/mol. The van der Waals surface area contributed by atoms with Crippen LogP contribution in [0.3, 0.4) is 0 Å². The molecule has 5 N–H and O–H groups in total. The number of aliphatic hydroxyl groups excluding tert-OH is 4. The van der Waals surface area contributed by atoms with Gasteiger partial charge in [0.25, 0.3) is 0 Å². The molecule has 0 radical (unpaired) electrons. The Balaban J connectivity index is 2.88. The molecule has 0 bridgehead atoms. The van der Waals surface area contributed by atoms with Gasteiger partial charge in [-0.2, -0.15) is 8.42 Å². The molecule has 0 spiro atoms. The van der Waals surface area contributed by atoms with Crippen LogP contribution in [0.5, 0.6) is 0 Å². The van der Waals surface area contributed by atoms with Crippen LogP contribution in [-0.4, -0.2) is 74.9 Å². The molecule has 12 heteroatoms. The highest BCUT2D eigenvalue weighted by Gasteiger charge is 2.44. The summed E-state index contributed by atoms with van der Waals surface area (Å²) in [5.41, 5.74) is -1.12. The van der Waals surface area contributed by atoms with Crippen LogP contribution in [0.25, 0.3) is 0 Å². The minimum absolute atomic E-state index is 0.0574. The summed E-state index contributed by atoms with van der Waals surface area (Å²) in [6.07, 6.45) is -5.64. The maximum Gasteiger partial charge on any atom is 0.466 e. The molecule has 1 fully saturated rings. The van der Waals surface area contributed by atoms with E-state index in [1.807, 2.05) is 0 Å². The van der Waals surface area contributed by atoms with Crippen molar-refractivity contribution in [1.82, 2.24) is 0 Å². The van der Waals surface area contributed by atoms with Crippen LogP contribution in [0.15, 0.2) is 5.16 Å². The summed E-state index contributed by atoms with van der Waals surface area (Å²) in [6.45, 7) is 2.70. The minimum atomic E-state index is -4.78. The molecule has 0 aliphatic carbocycles. The average molecular weight is 361 g/mol. The van der Waals surface area contributed by atoms with Crippen molar-refractivity contribution < 1.29 is 42.4 Å². The maximum atomic E-state index is 10.5. The van der Waals surface area contributed by atoms with Crippen LogP contribution in [0.1, 0.15) is 13.8 Å². The van der Waals surface area contributed by atoms with Crippen molar-refractivity contribution in [3.8, 4) is 0 Å². The molecule has 1 aliphatic heterocycles. The summed E-state index contributed by atoms with van der Waals surface area (Å²) in [5, 5.41) is 41.6. The largest absolute Gasteiger partial charge is 0.466 e. The van der Waals surface area contributed by atoms with Gasteiger partial charge in [-0.15, -0.1) is 0 Å². The number of ether oxygens (including phenoxy) is 1. The van der Waals surface area contributed by atoms with E-state index in [4.69, 9.17) is 14.4 Å². The SMILES string of the molecule is CC(C)/C(=N/OS(=O)(=O)O)S[C@H]1O[C@@H](CO)[C@H](O)[C@H](O)[C@H]1O. The van der Waals surface area contributed by atoms with Crippen LogP contribution in [-0.2, 0) is 19.4 Å². The van der Waals surface area contributed by atoms with Gasteiger partial charge >= 0.3 is 10.4 Å². The van der Waals surface area contributed by atoms with Crippen LogP contribution in [0.2, 0.25) is 0 Å². The van der Waals surface area contributed by atoms with E-state index in [2.05, 4.69) is 9.44 Å². The van der Waals surface area contributed by atoms with Crippen molar-refractivity contribution in [3.05, 3.63) is 0 Å². The Labute approximate surface area is 131 Å². The highest BCUT2D eigenvalue weighted by Crippen LogP contribution is 2.31. The molecule has 0 unspecified atom stereocenters. The van der Waals surface area contributed by atoms with Crippen LogP contribution in [0.4, 0.5) is 0 Å². The number of rotatable bonds is 5. The summed E-state index contributed by atoms with van der Waals surface area (Å²) < 4.78 is 38.8. The first kappa shape index (κ1) is 19.6. The predicted octanol–water partition coefficient (Wildman–Crippen LogP) is -1.69. The lowest BCUT2D eigenvalue weighted by Gasteiger charge is -2.39. The number of oxime groups is 1. The molecule has 5 atom stereocenters. The third kappa shape index (κ3) is 5.31. The average Bonchev–Trinajstić information content (AvgIpc) is 2.41. The van der Waals surface area contributed by atoms with Crippen LogP contribution in [0, 0.1) is 5.92 Å². The van der Waals surface area contributed by atoms with Crippen molar-refractivity contribution in [2.45, 2.75) is 43.7 Å². The van der Waals surface area contributed by atoms with Gasteiger partial charge in [0.05, 0.1) is 6.61 Å². The molecule has 0 aromatic heterocycles. The smallest absolute Gasteiger partial charge is 0.394 e. The zero-order valence-electron chi connectivity index (χ0n) is 11.8. The standard InChI is InChI=1S/C10H19NO9S2/c1-4(2)9(11-20-22(16,17)18)21-10-8(15)7(14)6(13)5(3-12)19-10/h4-8,10,12-15H,3H2,1-2H3,(H,16,17,18)/b11-9-/t5-,6-,7-,8+,10+/m0/s1. The van der Waals surface area contributed by atoms with Gasteiger partial charge in [-0.3, -0.25) is 4.55 Å². The van der Waals surface area contributed by atoms with Gasteiger partial charge in [0, 0.05) is 5.92 Å². The lowest BCUT2D eigenvalue weighted by Crippen LogP contribution is -2.57. The Hall–Kier alpha value is -0.470. The third-order valence-electron chi connectivity index (χ3n) is 2.80. The second-order valence-electron chi connectivity index (χ2n) is 4.90. The van der Waals surface area contributed by atoms with Crippen LogP contribution < -0.4 is 0 Å². The van der Waals surface area contributed by atoms with E-state index in [1.165, 1.54) is 0 Å². The molecule has 0 amide bonds. The molecule has 1 saturated heterocycles. The first-order valence-corrected chi connectivity index (χ1v) is 8.52. The molecule has 1 heterocycles. The summed E-state index contributed by atoms with van der Waals surface area (Å²) in [6, 6.07) is 0. The zero-order chi connectivity index (χ0) is 17.1. The highest BCUT2D eigenvalue weighted by atomic mass is 32.3. The molecular formula is C10H19NO9S2. The molecule has 130 valence electrons. The van der Waals surface area contributed by atoms with Gasteiger partial charge in [-0.25, -0.2) is 4.28 Å². The third-order valence-corrected chi connectivity index (χ3v) is 4.47. The van der Waals surface area contributed by atoms with Crippen molar-refractivity contribution in [1.29, 1.82) is 0 Å². The first-order valence-electron chi connectivity index (χ1n) is 6.28. The predicted molar refractivity (Wildman–Crippen MR) is 76.3 cm³/mol. The molecule has 22 heavy (non-hydrogen) atoms. The first-order chi connectivity index (χ1) is 10.1. The molecule has 10 nitrogen and oxygen atoms in total. The van der Waals surface area contributed by atoms with Crippen molar-refractivity contribution >= 4 is 27.2 Å². The molecule has 0 aromatic rings. The van der Waals surface area contributed by atoms with Crippen molar-refractivity contribution in [3.63, 3.8) is 0 Å². The Bertz CT molecular complexity index is 493. The van der Waals surface area contributed by atoms with E-state index in [0.29, 0.717) is 0 Å². The van der Waals surface area contributed by atoms with E-state index in [0.717, 1.165) is 11.8 Å². The Morgan fingerprint density at radius 1 is 1.27 bits per heavy atom. The summed E-state index contributed by atoms with van der Waals surface area (Å²) in [4.78, 5) is 0. The molecule has 1 aliphatic rings. The highest BCUT2D eigenvalue weighted by molar-refractivity contribution is 8.14. The second-order valence-corrected chi connectivity index (χ2v) is 7.02. The fourth-order valence-corrected chi connectivity index (χ4v) is 2.94. The Kier molecular flexibility index (Phi) is 7.01. The number of hydrogen-bond acceptors (Lipinski definition) is 10. The summed E-state index contributed by atoms with van der Waals surface area (Å²) >= 11 is 0.742. The van der Waals surface area contributed by atoms with Gasteiger partial charge < -0.3 is 25.2 Å². The maximum absolute atomic E-state index is 10.5. The zero-order valence-corrected chi connectivity index (χ0v) is 13.4. The van der Waals surface area contributed by atoms with Gasteiger partial charge in [0.2, 0.25) is 0 Å². The van der Waals surface area contributed by atoms with Gasteiger partial charge in [0.15, 0.2) is 0 Å². The van der Waals surface area contributed by atoms with E-state index in [1.54, 1.807) is 13.8 Å². The van der Waals surface area contributed by atoms with E-state index in [-0.39, 0.29) is 11.0 Å². The fraction of sp³-hybridized carbons (Fsp3) is 0.900. The minimum Gasteiger partial charge on any atom is -0.394 e. The number of hydrogen-bond donors (Lipinski definition) is 5. The van der Waals surface area contributed by atoms with E-state index < -0.39 is 46.9 Å². The second kappa shape index (κ2) is 7.88. The normalized spacial score (nSPS) is 34.0. The van der Waals surface area contributed by atoms with Crippen molar-refractivity contribution in [2.24, 2.45) is 11.1 Å². The number of nitrogens with zero attached hydrogens (tertiary/aromatic N) is 1. The van der Waals surface area contributed by atoms with Gasteiger partial charge in [-0.05, 0) is 0 Å². The fourth-order valence-electron chi connectivity index (χ4n) is 1.63. The molecule has 1 rings (SSSR count). The monoisotopic (exact) mass is 361 g/mol. The lowest BCUT2D eigenvalue weighted by molar-refractivity contribution is -0.205. The van der Waals surface area contributed by atoms with E-state index >= 15 is 0 Å². The molecule has 0 saturated carbocycles. The van der Waals surface area contributed by atoms with Crippen molar-refractivity contribution in [2.75, 3.05) is 6.61 Å². The number of thioether (sulfide) groups is 1. The van der Waals surface area contributed by atoms with Crippen LogP contribution >= 0.6 is 11.8 Å². The van der Waals surface area contributed by atoms with Gasteiger partial charge in [0.1, 0.15) is 34.9 Å². The summed E-state index contributed by atoms with van der Waals surface area (Å²) in [5.74, 6) is -0.348. The van der Waals surface area contributed by atoms with Gasteiger partial charge in [-0.1, -0.05) is 30.8 Å². The van der Waals surface area contributed by atoms with E-state index in [9.17, 15) is 23.7 Å². The Morgan fingerprint density at radius 3 is 2.32 bits per heavy atom. The number of aliphatic hydroxyl groups is 4. The topological polar surface area (TPSA) is 166 Å². The lowest BCUT2D eigenvalue weighted by atomic mass is 10.0. The Morgan fingerprint density at radius 2 is 1.86 bits per heavy atom. The summed E-state index contributed by atoms with van der Waals surface area (Å²) in [7, 11) is -4.78. The molecule has 0 aromatic carbocycles.